The van der Waals surface area contributed by atoms with Gasteiger partial charge in [-0.2, -0.15) is 5.10 Å². The largest absolute Gasteiger partial charge is 0.383 e. The molecule has 0 aliphatic heterocycles. The second kappa shape index (κ2) is 6.93. The fourth-order valence-electron chi connectivity index (χ4n) is 2.92. The van der Waals surface area contributed by atoms with Crippen molar-refractivity contribution in [1.82, 2.24) is 14.8 Å². The quantitative estimate of drug-likeness (QED) is 0.516. The second-order valence-electron chi connectivity index (χ2n) is 6.00. The second-order valence-corrected chi connectivity index (χ2v) is 6.92. The first kappa shape index (κ1) is 16.8. The van der Waals surface area contributed by atoms with Crippen LogP contribution < -0.4 is 5.32 Å². The number of benzene rings is 2. The Morgan fingerprint density at radius 1 is 1.23 bits per heavy atom. The van der Waals surface area contributed by atoms with E-state index < -0.39 is 0 Å². The molecule has 132 valence electrons. The topological polar surface area (TPSA) is 71.9 Å². The van der Waals surface area contributed by atoms with Gasteiger partial charge in [0.2, 0.25) is 0 Å². The average molecular weight is 413 g/mol. The third-order valence-corrected chi connectivity index (χ3v) is 4.73. The fraction of sp³-hybridized carbons (Fsp3) is 0.158. The van der Waals surface area contributed by atoms with Crippen molar-refractivity contribution in [2.75, 3.05) is 19.0 Å². The number of hydrogen-bond acceptors (Lipinski definition) is 3. The molecule has 0 atom stereocenters. The first-order valence-electron chi connectivity index (χ1n) is 8.18. The van der Waals surface area contributed by atoms with Gasteiger partial charge in [0.1, 0.15) is 5.69 Å². The molecule has 0 saturated heterocycles. The number of ether oxygens (including phenoxy) is 1. The lowest BCUT2D eigenvalue weighted by Crippen LogP contribution is -2.12. The fourth-order valence-corrected chi connectivity index (χ4v) is 3.29. The Morgan fingerprint density at radius 2 is 2.08 bits per heavy atom. The molecule has 2 aromatic carbocycles. The Labute approximate surface area is 158 Å². The van der Waals surface area contributed by atoms with Crippen LogP contribution >= 0.6 is 15.9 Å². The lowest BCUT2D eigenvalue weighted by atomic mass is 10.2. The highest BCUT2D eigenvalue weighted by Gasteiger charge is 2.11. The Bertz CT molecular complexity index is 1100. The minimum absolute atomic E-state index is 0.181. The number of anilines is 1. The average Bonchev–Trinajstić information content (AvgIpc) is 3.23. The molecule has 4 aromatic rings. The van der Waals surface area contributed by atoms with Crippen molar-refractivity contribution in [2.24, 2.45) is 0 Å². The molecule has 6 nitrogen and oxygen atoms in total. The van der Waals surface area contributed by atoms with Crippen LogP contribution in [0.15, 0.2) is 53.1 Å². The van der Waals surface area contributed by atoms with Crippen molar-refractivity contribution < 1.29 is 9.53 Å². The molecular weight excluding hydrogens is 396 g/mol. The van der Waals surface area contributed by atoms with Gasteiger partial charge < -0.3 is 15.0 Å². The minimum atomic E-state index is -0.181. The summed E-state index contributed by atoms with van der Waals surface area (Å²) < 4.78 is 7.95. The SMILES string of the molecule is COCCn1ncc2ccc(NC(=O)c3cc4ccc(Br)cc4[nH]3)cc21. The van der Waals surface area contributed by atoms with Gasteiger partial charge in [0.05, 0.1) is 24.9 Å². The van der Waals surface area contributed by atoms with E-state index in [1.54, 1.807) is 7.11 Å². The van der Waals surface area contributed by atoms with Crippen molar-refractivity contribution in [3.63, 3.8) is 0 Å². The van der Waals surface area contributed by atoms with Gasteiger partial charge in [-0.05, 0) is 36.4 Å². The summed E-state index contributed by atoms with van der Waals surface area (Å²) in [5, 5.41) is 9.32. The molecule has 0 spiro atoms. The first-order valence-corrected chi connectivity index (χ1v) is 8.97. The number of methoxy groups -OCH3 is 1. The summed E-state index contributed by atoms with van der Waals surface area (Å²) in [7, 11) is 1.66. The smallest absolute Gasteiger partial charge is 0.272 e. The number of nitrogens with zero attached hydrogens (tertiary/aromatic N) is 2. The molecule has 0 bridgehead atoms. The van der Waals surface area contributed by atoms with E-state index in [2.05, 4.69) is 31.3 Å². The standard InChI is InChI=1S/C19H17BrN4O2/c1-26-7-6-24-18-10-15(5-3-13(18)11-21-24)22-19(25)17-8-12-2-4-14(20)9-16(12)23-17/h2-5,8-11,23H,6-7H2,1H3,(H,22,25). The third kappa shape index (κ3) is 3.23. The zero-order valence-corrected chi connectivity index (χ0v) is 15.7. The molecule has 0 aliphatic rings. The van der Waals surface area contributed by atoms with E-state index in [0.29, 0.717) is 18.8 Å². The van der Waals surface area contributed by atoms with Gasteiger partial charge in [0.15, 0.2) is 0 Å². The van der Waals surface area contributed by atoms with Crippen molar-refractivity contribution in [3.05, 3.63) is 58.8 Å². The Balaban J connectivity index is 1.59. The Hall–Kier alpha value is -2.64. The van der Waals surface area contributed by atoms with E-state index in [0.717, 1.165) is 32.0 Å². The molecule has 2 N–H and O–H groups in total. The molecule has 7 heteroatoms. The molecule has 0 fully saturated rings. The summed E-state index contributed by atoms with van der Waals surface area (Å²) in [5.41, 5.74) is 3.12. The van der Waals surface area contributed by atoms with Gasteiger partial charge >= 0.3 is 0 Å². The van der Waals surface area contributed by atoms with E-state index in [9.17, 15) is 4.79 Å². The summed E-state index contributed by atoms with van der Waals surface area (Å²) >= 11 is 3.44. The Kier molecular flexibility index (Phi) is 4.48. The highest BCUT2D eigenvalue weighted by molar-refractivity contribution is 9.10. The third-order valence-electron chi connectivity index (χ3n) is 4.24. The molecule has 0 radical (unpaired) electrons. The van der Waals surface area contributed by atoms with Crippen LogP contribution in [0.3, 0.4) is 0 Å². The van der Waals surface area contributed by atoms with E-state index in [1.807, 2.05) is 53.3 Å². The van der Waals surface area contributed by atoms with Crippen LogP contribution in [0.1, 0.15) is 10.5 Å². The van der Waals surface area contributed by atoms with E-state index >= 15 is 0 Å². The maximum Gasteiger partial charge on any atom is 0.272 e. The van der Waals surface area contributed by atoms with Crippen molar-refractivity contribution >= 4 is 49.3 Å². The number of rotatable bonds is 5. The van der Waals surface area contributed by atoms with Crippen molar-refractivity contribution in [3.8, 4) is 0 Å². The number of H-pyrrole nitrogens is 1. The van der Waals surface area contributed by atoms with E-state index in [-0.39, 0.29) is 5.91 Å². The zero-order chi connectivity index (χ0) is 18.1. The number of hydrogen-bond donors (Lipinski definition) is 2. The van der Waals surface area contributed by atoms with Crippen LogP contribution in [0.2, 0.25) is 0 Å². The van der Waals surface area contributed by atoms with E-state index in [1.165, 1.54) is 0 Å². The Morgan fingerprint density at radius 3 is 2.92 bits per heavy atom. The molecule has 26 heavy (non-hydrogen) atoms. The summed E-state index contributed by atoms with van der Waals surface area (Å²) in [6, 6.07) is 13.5. The molecule has 2 heterocycles. The van der Waals surface area contributed by atoms with Crippen molar-refractivity contribution in [1.29, 1.82) is 0 Å². The van der Waals surface area contributed by atoms with Gasteiger partial charge in [-0.3, -0.25) is 9.48 Å². The molecular formula is C19H17BrN4O2. The summed E-state index contributed by atoms with van der Waals surface area (Å²) in [4.78, 5) is 15.8. The number of nitrogens with one attached hydrogen (secondary N) is 2. The number of aromatic nitrogens is 3. The molecule has 0 unspecified atom stereocenters. The molecule has 2 aromatic heterocycles. The molecule has 1 amide bonds. The van der Waals surface area contributed by atoms with Gasteiger partial charge in [-0.15, -0.1) is 0 Å². The van der Waals surface area contributed by atoms with Crippen LogP contribution in [-0.4, -0.2) is 34.4 Å². The number of halogens is 1. The highest BCUT2D eigenvalue weighted by atomic mass is 79.9. The van der Waals surface area contributed by atoms with Gasteiger partial charge in [0, 0.05) is 33.6 Å². The summed E-state index contributed by atoms with van der Waals surface area (Å²) in [5.74, 6) is -0.181. The maximum absolute atomic E-state index is 12.6. The summed E-state index contributed by atoms with van der Waals surface area (Å²) in [6.45, 7) is 1.24. The predicted octanol–water partition coefficient (Wildman–Crippen LogP) is 4.18. The van der Waals surface area contributed by atoms with Crippen LogP contribution in [0, 0.1) is 0 Å². The lowest BCUT2D eigenvalue weighted by Gasteiger charge is -2.06. The van der Waals surface area contributed by atoms with Crippen LogP contribution in [0.25, 0.3) is 21.8 Å². The number of fused-ring (bicyclic) bond motifs is 2. The highest BCUT2D eigenvalue weighted by Crippen LogP contribution is 2.22. The zero-order valence-electron chi connectivity index (χ0n) is 14.1. The molecule has 0 saturated carbocycles. The normalized spacial score (nSPS) is 11.3. The maximum atomic E-state index is 12.6. The minimum Gasteiger partial charge on any atom is -0.383 e. The number of carbonyl (C=O) groups excluding carboxylic acids is 1. The van der Waals surface area contributed by atoms with Crippen LogP contribution in [-0.2, 0) is 11.3 Å². The van der Waals surface area contributed by atoms with Crippen LogP contribution in [0.5, 0.6) is 0 Å². The van der Waals surface area contributed by atoms with Gasteiger partial charge in [-0.1, -0.05) is 22.0 Å². The van der Waals surface area contributed by atoms with Gasteiger partial charge in [0.25, 0.3) is 5.91 Å². The van der Waals surface area contributed by atoms with Crippen molar-refractivity contribution in [2.45, 2.75) is 6.54 Å². The monoisotopic (exact) mass is 412 g/mol. The van der Waals surface area contributed by atoms with Crippen LogP contribution in [0.4, 0.5) is 5.69 Å². The van der Waals surface area contributed by atoms with Gasteiger partial charge in [-0.25, -0.2) is 0 Å². The molecule has 4 rings (SSSR count). The number of aromatic amines is 1. The lowest BCUT2D eigenvalue weighted by molar-refractivity contribution is 0.102. The van der Waals surface area contributed by atoms with E-state index in [4.69, 9.17) is 4.74 Å². The number of carbonyl (C=O) groups is 1. The summed E-state index contributed by atoms with van der Waals surface area (Å²) in [6.07, 6.45) is 1.81. The number of amides is 1. The first-order chi connectivity index (χ1) is 12.6. The predicted molar refractivity (Wildman–Crippen MR) is 106 cm³/mol. The molecule has 0 aliphatic carbocycles.